The molecular weight excluding hydrogens is 166 g/mol. The Morgan fingerprint density at radius 3 is 2.38 bits per heavy atom. The summed E-state index contributed by atoms with van der Waals surface area (Å²) in [6.07, 6.45) is 2.67. The molecule has 0 bridgehead atoms. The average molecular weight is 187 g/mol. The van der Waals surface area contributed by atoms with E-state index in [-0.39, 0.29) is 6.29 Å². The summed E-state index contributed by atoms with van der Waals surface area (Å²) in [6, 6.07) is 0. The smallest absolute Gasteiger partial charge is 0.158 e. The number of nitrogens with one attached hydrogen (secondary N) is 1. The van der Waals surface area contributed by atoms with Crippen molar-refractivity contribution in [1.29, 1.82) is 0 Å². The van der Waals surface area contributed by atoms with Gasteiger partial charge < -0.3 is 14.8 Å². The number of hydrogen-bond acceptors (Lipinski definition) is 3. The summed E-state index contributed by atoms with van der Waals surface area (Å²) in [6.45, 7) is 10.7. The molecule has 13 heavy (non-hydrogen) atoms. The van der Waals surface area contributed by atoms with Crippen LogP contribution < -0.4 is 5.32 Å². The van der Waals surface area contributed by atoms with Crippen LogP contribution in [0.4, 0.5) is 0 Å². The molecule has 0 atom stereocenters. The Hall–Kier alpha value is -0.380. The quantitative estimate of drug-likeness (QED) is 0.337. The van der Waals surface area contributed by atoms with Gasteiger partial charge in [0.15, 0.2) is 6.29 Å². The normalized spacial score (nSPS) is 10.7. The van der Waals surface area contributed by atoms with Gasteiger partial charge in [-0.05, 0) is 13.8 Å². The van der Waals surface area contributed by atoms with Crippen molar-refractivity contribution in [3.05, 3.63) is 12.7 Å². The molecule has 0 radical (unpaired) electrons. The van der Waals surface area contributed by atoms with E-state index in [1.54, 1.807) is 0 Å². The molecule has 0 unspecified atom stereocenters. The molecule has 3 heteroatoms. The molecule has 0 aromatic heterocycles. The van der Waals surface area contributed by atoms with Crippen molar-refractivity contribution < 1.29 is 9.47 Å². The second-order valence-corrected chi connectivity index (χ2v) is 2.62. The second kappa shape index (κ2) is 9.71. The highest BCUT2D eigenvalue weighted by Gasteiger charge is 2.05. The van der Waals surface area contributed by atoms with Gasteiger partial charge in [0.05, 0.1) is 0 Å². The van der Waals surface area contributed by atoms with Crippen molar-refractivity contribution in [2.24, 2.45) is 0 Å². The molecule has 78 valence electrons. The maximum atomic E-state index is 5.37. The maximum Gasteiger partial charge on any atom is 0.158 e. The summed E-state index contributed by atoms with van der Waals surface area (Å²) < 4.78 is 10.7. The summed E-state index contributed by atoms with van der Waals surface area (Å²) in [5.41, 5.74) is 0. The summed E-state index contributed by atoms with van der Waals surface area (Å²) in [7, 11) is 0. The van der Waals surface area contributed by atoms with E-state index in [9.17, 15) is 0 Å². The first-order chi connectivity index (χ1) is 6.35. The lowest BCUT2D eigenvalue weighted by molar-refractivity contribution is -0.138. The van der Waals surface area contributed by atoms with E-state index in [0.29, 0.717) is 13.2 Å². The van der Waals surface area contributed by atoms with Crippen LogP contribution in [-0.4, -0.2) is 32.6 Å². The average Bonchev–Trinajstić information content (AvgIpc) is 2.13. The van der Waals surface area contributed by atoms with Crippen molar-refractivity contribution in [1.82, 2.24) is 5.32 Å². The lowest BCUT2D eigenvalue weighted by Crippen LogP contribution is -2.24. The van der Waals surface area contributed by atoms with Crippen LogP contribution in [0.5, 0.6) is 0 Å². The van der Waals surface area contributed by atoms with Crippen LogP contribution in [-0.2, 0) is 9.47 Å². The fraction of sp³-hybridized carbons (Fsp3) is 0.800. The number of hydrogen-bond donors (Lipinski definition) is 1. The van der Waals surface area contributed by atoms with Crippen LogP contribution >= 0.6 is 0 Å². The van der Waals surface area contributed by atoms with Crippen molar-refractivity contribution in [3.63, 3.8) is 0 Å². The molecule has 0 saturated carbocycles. The van der Waals surface area contributed by atoms with Gasteiger partial charge in [-0.25, -0.2) is 0 Å². The van der Waals surface area contributed by atoms with Gasteiger partial charge in [-0.3, -0.25) is 0 Å². The van der Waals surface area contributed by atoms with Crippen LogP contribution in [0.1, 0.15) is 20.3 Å². The van der Waals surface area contributed by atoms with Gasteiger partial charge in [-0.15, -0.1) is 6.58 Å². The Labute approximate surface area is 81.1 Å². The standard InChI is InChI=1S/C10H21NO2/c1-4-8-11-9-7-10(12-5-2)13-6-3/h4,10-11H,1,5-9H2,2-3H3. The minimum atomic E-state index is -0.0627. The van der Waals surface area contributed by atoms with Gasteiger partial charge in [0.1, 0.15) is 0 Å². The van der Waals surface area contributed by atoms with Crippen LogP contribution in [0.3, 0.4) is 0 Å². The predicted octanol–water partition coefficient (Wildman–Crippen LogP) is 1.55. The Morgan fingerprint density at radius 2 is 1.92 bits per heavy atom. The molecule has 0 aliphatic carbocycles. The minimum absolute atomic E-state index is 0.0627. The third-order valence-electron chi connectivity index (χ3n) is 1.55. The van der Waals surface area contributed by atoms with E-state index >= 15 is 0 Å². The molecule has 0 saturated heterocycles. The molecule has 0 fully saturated rings. The first-order valence-electron chi connectivity index (χ1n) is 4.89. The molecule has 0 heterocycles. The van der Waals surface area contributed by atoms with E-state index < -0.39 is 0 Å². The molecule has 0 aromatic carbocycles. The van der Waals surface area contributed by atoms with Crippen molar-refractivity contribution in [3.8, 4) is 0 Å². The molecule has 1 N–H and O–H groups in total. The van der Waals surface area contributed by atoms with Crippen molar-refractivity contribution >= 4 is 0 Å². The van der Waals surface area contributed by atoms with Gasteiger partial charge in [0.2, 0.25) is 0 Å². The second-order valence-electron chi connectivity index (χ2n) is 2.62. The zero-order chi connectivity index (χ0) is 9.94. The third-order valence-corrected chi connectivity index (χ3v) is 1.55. The maximum absolute atomic E-state index is 5.37. The van der Waals surface area contributed by atoms with Crippen molar-refractivity contribution in [2.45, 2.75) is 26.6 Å². The van der Waals surface area contributed by atoms with Gasteiger partial charge >= 0.3 is 0 Å². The minimum Gasteiger partial charge on any atom is -0.353 e. The van der Waals surface area contributed by atoms with Gasteiger partial charge in [-0.1, -0.05) is 6.08 Å². The molecule has 0 spiro atoms. The van der Waals surface area contributed by atoms with Crippen LogP contribution in [0.2, 0.25) is 0 Å². The topological polar surface area (TPSA) is 30.5 Å². The molecule has 0 aromatic rings. The van der Waals surface area contributed by atoms with Crippen LogP contribution in [0, 0.1) is 0 Å². The predicted molar refractivity (Wildman–Crippen MR) is 54.7 cm³/mol. The Bertz CT molecular complexity index is 111. The van der Waals surface area contributed by atoms with Crippen molar-refractivity contribution in [2.75, 3.05) is 26.3 Å². The first-order valence-corrected chi connectivity index (χ1v) is 4.89. The molecule has 0 amide bonds. The highest BCUT2D eigenvalue weighted by molar-refractivity contribution is 4.69. The lowest BCUT2D eigenvalue weighted by atomic mass is 10.4. The summed E-state index contributed by atoms with van der Waals surface area (Å²) in [5, 5.41) is 3.20. The highest BCUT2D eigenvalue weighted by Crippen LogP contribution is 1.99. The van der Waals surface area contributed by atoms with Crippen LogP contribution in [0.25, 0.3) is 0 Å². The zero-order valence-corrected chi connectivity index (χ0v) is 8.71. The number of rotatable bonds is 9. The van der Waals surface area contributed by atoms with E-state index in [1.807, 2.05) is 19.9 Å². The Morgan fingerprint density at radius 1 is 1.31 bits per heavy atom. The van der Waals surface area contributed by atoms with E-state index in [4.69, 9.17) is 9.47 Å². The fourth-order valence-corrected chi connectivity index (χ4v) is 1.01. The lowest BCUT2D eigenvalue weighted by Gasteiger charge is -2.16. The first kappa shape index (κ1) is 12.6. The van der Waals surface area contributed by atoms with Gasteiger partial charge in [0.25, 0.3) is 0 Å². The fourth-order valence-electron chi connectivity index (χ4n) is 1.01. The summed E-state index contributed by atoms with van der Waals surface area (Å²) in [4.78, 5) is 0. The Balaban J connectivity index is 3.37. The van der Waals surface area contributed by atoms with E-state index in [1.165, 1.54) is 0 Å². The Kier molecular flexibility index (Phi) is 9.42. The molecule has 3 nitrogen and oxygen atoms in total. The molecule has 0 rings (SSSR count). The van der Waals surface area contributed by atoms with Gasteiger partial charge in [-0.2, -0.15) is 0 Å². The molecule has 0 aliphatic heterocycles. The SMILES string of the molecule is C=CCNCCC(OCC)OCC. The van der Waals surface area contributed by atoms with E-state index in [0.717, 1.165) is 19.5 Å². The monoisotopic (exact) mass is 187 g/mol. The summed E-state index contributed by atoms with van der Waals surface area (Å²) >= 11 is 0. The third kappa shape index (κ3) is 7.96. The van der Waals surface area contributed by atoms with Crippen LogP contribution in [0.15, 0.2) is 12.7 Å². The molecule has 0 aliphatic rings. The van der Waals surface area contributed by atoms with E-state index in [2.05, 4.69) is 11.9 Å². The van der Waals surface area contributed by atoms with Gasteiger partial charge in [0, 0.05) is 32.7 Å². The molecular formula is C10H21NO2. The summed E-state index contributed by atoms with van der Waals surface area (Å²) in [5.74, 6) is 0. The largest absolute Gasteiger partial charge is 0.353 e. The zero-order valence-electron chi connectivity index (χ0n) is 8.71. The number of ether oxygens (including phenoxy) is 2. The highest BCUT2D eigenvalue weighted by atomic mass is 16.7.